The van der Waals surface area contributed by atoms with Crippen molar-refractivity contribution in [3.63, 3.8) is 0 Å². The van der Waals surface area contributed by atoms with Crippen LogP contribution in [0, 0.1) is 0 Å². The fourth-order valence-electron chi connectivity index (χ4n) is 1.63. The molecule has 0 aromatic carbocycles. The Balaban J connectivity index is 1.79. The summed E-state index contributed by atoms with van der Waals surface area (Å²) >= 11 is 9.23. The van der Waals surface area contributed by atoms with Gasteiger partial charge in [0.1, 0.15) is 17.3 Å². The Morgan fingerprint density at radius 2 is 2.18 bits per heavy atom. The minimum Gasteiger partial charge on any atom is -0.379 e. The number of anilines is 1. The van der Waals surface area contributed by atoms with Gasteiger partial charge >= 0.3 is 0 Å². The molecule has 0 unspecified atom stereocenters. The zero-order valence-corrected chi connectivity index (χ0v) is 11.7. The summed E-state index contributed by atoms with van der Waals surface area (Å²) in [5, 5.41) is 3.66. The predicted molar refractivity (Wildman–Crippen MR) is 70.5 cm³/mol. The van der Waals surface area contributed by atoms with Crippen molar-refractivity contribution >= 4 is 33.3 Å². The zero-order valence-electron chi connectivity index (χ0n) is 9.33. The molecular formula is C10H14BrClN4O. The highest BCUT2D eigenvalue weighted by Crippen LogP contribution is 2.25. The smallest absolute Gasteiger partial charge is 0.148 e. The first kappa shape index (κ1) is 13.0. The molecule has 0 aliphatic carbocycles. The Bertz CT molecular complexity index is 373. The van der Waals surface area contributed by atoms with Gasteiger partial charge in [-0.1, -0.05) is 11.6 Å². The van der Waals surface area contributed by atoms with Gasteiger partial charge in [-0.2, -0.15) is 0 Å². The molecule has 0 radical (unpaired) electrons. The van der Waals surface area contributed by atoms with Crippen LogP contribution in [0.1, 0.15) is 0 Å². The summed E-state index contributed by atoms with van der Waals surface area (Å²) in [5.74, 6) is 0.734. The van der Waals surface area contributed by atoms with Crippen LogP contribution < -0.4 is 5.32 Å². The van der Waals surface area contributed by atoms with Gasteiger partial charge in [-0.25, -0.2) is 9.97 Å². The van der Waals surface area contributed by atoms with Crippen LogP contribution in [0.2, 0.25) is 5.15 Å². The van der Waals surface area contributed by atoms with E-state index in [1.165, 1.54) is 6.33 Å². The minimum atomic E-state index is 0.425. The molecule has 1 fully saturated rings. The molecule has 1 saturated heterocycles. The second-order valence-electron chi connectivity index (χ2n) is 3.71. The van der Waals surface area contributed by atoms with E-state index in [2.05, 4.69) is 36.1 Å². The minimum absolute atomic E-state index is 0.425. The Hall–Kier alpha value is -0.430. The van der Waals surface area contributed by atoms with E-state index in [1.54, 1.807) is 0 Å². The number of morpholine rings is 1. The molecule has 0 spiro atoms. The van der Waals surface area contributed by atoms with Crippen molar-refractivity contribution in [2.45, 2.75) is 0 Å². The summed E-state index contributed by atoms with van der Waals surface area (Å²) < 4.78 is 6.00. The van der Waals surface area contributed by atoms with Gasteiger partial charge < -0.3 is 10.1 Å². The highest BCUT2D eigenvalue weighted by Gasteiger charge is 2.10. The van der Waals surface area contributed by atoms with Gasteiger partial charge in [0.2, 0.25) is 0 Å². The number of aromatic nitrogens is 2. The van der Waals surface area contributed by atoms with Crippen LogP contribution in [0.4, 0.5) is 5.82 Å². The van der Waals surface area contributed by atoms with E-state index in [1.807, 2.05) is 0 Å². The first-order valence-electron chi connectivity index (χ1n) is 5.47. The molecular weight excluding hydrogens is 307 g/mol. The molecule has 0 atom stereocenters. The summed E-state index contributed by atoms with van der Waals surface area (Å²) in [5.41, 5.74) is 0. The Labute approximate surface area is 114 Å². The van der Waals surface area contributed by atoms with Gasteiger partial charge in [-0.3, -0.25) is 4.90 Å². The maximum Gasteiger partial charge on any atom is 0.148 e. The molecule has 0 bridgehead atoms. The molecule has 1 aliphatic rings. The third-order valence-corrected chi connectivity index (χ3v) is 3.84. The lowest BCUT2D eigenvalue weighted by molar-refractivity contribution is 0.0398. The maximum absolute atomic E-state index is 5.88. The summed E-state index contributed by atoms with van der Waals surface area (Å²) in [6, 6.07) is 0. The third-order valence-electron chi connectivity index (χ3n) is 2.57. The first-order valence-corrected chi connectivity index (χ1v) is 6.64. The standard InChI is InChI=1S/C10H14BrClN4O/c11-8-9(12)14-7-15-10(8)13-1-2-16-3-5-17-6-4-16/h7H,1-6H2,(H,13,14,15). The number of hydrogen-bond donors (Lipinski definition) is 1. The fourth-order valence-corrected chi connectivity index (χ4v) is 2.11. The number of nitrogens with one attached hydrogen (secondary N) is 1. The molecule has 0 saturated carbocycles. The van der Waals surface area contributed by atoms with E-state index in [-0.39, 0.29) is 0 Å². The molecule has 5 nitrogen and oxygen atoms in total. The van der Waals surface area contributed by atoms with E-state index in [4.69, 9.17) is 16.3 Å². The van der Waals surface area contributed by atoms with Crippen molar-refractivity contribution in [1.82, 2.24) is 14.9 Å². The summed E-state index contributed by atoms with van der Waals surface area (Å²) in [6.45, 7) is 5.43. The van der Waals surface area contributed by atoms with Gasteiger partial charge in [0.15, 0.2) is 0 Å². The van der Waals surface area contributed by atoms with E-state index in [0.29, 0.717) is 9.63 Å². The first-order chi connectivity index (χ1) is 8.27. The third kappa shape index (κ3) is 3.77. The van der Waals surface area contributed by atoms with E-state index >= 15 is 0 Å². The Kier molecular flexibility index (Phi) is 4.97. The Morgan fingerprint density at radius 1 is 1.41 bits per heavy atom. The van der Waals surface area contributed by atoms with E-state index in [9.17, 15) is 0 Å². The number of halogens is 2. The molecule has 7 heteroatoms. The number of hydrogen-bond acceptors (Lipinski definition) is 5. The molecule has 1 aromatic heterocycles. The topological polar surface area (TPSA) is 50.3 Å². The van der Waals surface area contributed by atoms with Crippen molar-refractivity contribution < 1.29 is 4.74 Å². The lowest BCUT2D eigenvalue weighted by Crippen LogP contribution is -2.39. The predicted octanol–water partition coefficient (Wildman–Crippen LogP) is 1.64. The molecule has 2 heterocycles. The SMILES string of the molecule is Clc1ncnc(NCCN2CCOCC2)c1Br. The molecule has 94 valence electrons. The van der Waals surface area contributed by atoms with Crippen molar-refractivity contribution in [3.05, 3.63) is 16.0 Å². The summed E-state index contributed by atoms with van der Waals surface area (Å²) in [4.78, 5) is 10.4. The van der Waals surface area contributed by atoms with Crippen molar-refractivity contribution in [3.8, 4) is 0 Å². The monoisotopic (exact) mass is 320 g/mol. The molecule has 1 aliphatic heterocycles. The van der Waals surface area contributed by atoms with Gasteiger partial charge in [0, 0.05) is 26.2 Å². The van der Waals surface area contributed by atoms with Crippen LogP contribution in [-0.4, -0.2) is 54.3 Å². The van der Waals surface area contributed by atoms with Crippen molar-refractivity contribution in [1.29, 1.82) is 0 Å². The van der Waals surface area contributed by atoms with Crippen molar-refractivity contribution in [2.24, 2.45) is 0 Å². The van der Waals surface area contributed by atoms with Crippen LogP contribution in [-0.2, 0) is 4.74 Å². The van der Waals surface area contributed by atoms with E-state index in [0.717, 1.165) is 45.2 Å². The van der Waals surface area contributed by atoms with Crippen molar-refractivity contribution in [2.75, 3.05) is 44.7 Å². The largest absolute Gasteiger partial charge is 0.379 e. The number of rotatable bonds is 4. The normalized spacial score (nSPS) is 17.1. The molecule has 1 N–H and O–H groups in total. The molecule has 2 rings (SSSR count). The van der Waals surface area contributed by atoms with Crippen LogP contribution >= 0.6 is 27.5 Å². The second kappa shape index (κ2) is 6.49. The van der Waals surface area contributed by atoms with Crippen LogP contribution in [0.25, 0.3) is 0 Å². The van der Waals surface area contributed by atoms with Gasteiger partial charge in [0.05, 0.1) is 17.7 Å². The van der Waals surface area contributed by atoms with Gasteiger partial charge in [0.25, 0.3) is 0 Å². The average Bonchev–Trinajstić information content (AvgIpc) is 2.36. The van der Waals surface area contributed by atoms with Gasteiger partial charge in [-0.15, -0.1) is 0 Å². The second-order valence-corrected chi connectivity index (χ2v) is 4.86. The molecule has 1 aromatic rings. The fraction of sp³-hybridized carbons (Fsp3) is 0.600. The number of nitrogens with zero attached hydrogens (tertiary/aromatic N) is 3. The Morgan fingerprint density at radius 3 is 2.94 bits per heavy atom. The highest BCUT2D eigenvalue weighted by molar-refractivity contribution is 9.10. The summed E-state index contributed by atoms with van der Waals surface area (Å²) in [6.07, 6.45) is 1.45. The highest BCUT2D eigenvalue weighted by atomic mass is 79.9. The lowest BCUT2D eigenvalue weighted by atomic mass is 10.4. The quantitative estimate of drug-likeness (QED) is 0.854. The molecule has 0 amide bonds. The molecule has 17 heavy (non-hydrogen) atoms. The average molecular weight is 322 g/mol. The maximum atomic E-state index is 5.88. The number of ether oxygens (including phenoxy) is 1. The lowest BCUT2D eigenvalue weighted by Gasteiger charge is -2.26. The van der Waals surface area contributed by atoms with Crippen LogP contribution in [0.3, 0.4) is 0 Å². The van der Waals surface area contributed by atoms with Crippen LogP contribution in [0.15, 0.2) is 10.8 Å². The van der Waals surface area contributed by atoms with E-state index < -0.39 is 0 Å². The van der Waals surface area contributed by atoms with Crippen LogP contribution in [0.5, 0.6) is 0 Å². The summed E-state index contributed by atoms with van der Waals surface area (Å²) in [7, 11) is 0. The van der Waals surface area contributed by atoms with Gasteiger partial charge in [-0.05, 0) is 15.9 Å². The zero-order chi connectivity index (χ0) is 12.1.